The summed E-state index contributed by atoms with van der Waals surface area (Å²) in [6.45, 7) is 5.05. The van der Waals surface area contributed by atoms with Gasteiger partial charge in [0.25, 0.3) is 0 Å². The summed E-state index contributed by atoms with van der Waals surface area (Å²) in [5.41, 5.74) is 0.129. The van der Waals surface area contributed by atoms with Gasteiger partial charge in [0, 0.05) is 32.1 Å². The topological polar surface area (TPSA) is 49.9 Å². The predicted octanol–water partition coefficient (Wildman–Crippen LogP) is 2.77. The van der Waals surface area contributed by atoms with Crippen molar-refractivity contribution in [3.8, 4) is 0 Å². The molecule has 0 N–H and O–H groups in total. The van der Waals surface area contributed by atoms with Crippen molar-refractivity contribution in [1.82, 2.24) is 9.80 Å². The Kier molecular flexibility index (Phi) is 5.40. The van der Waals surface area contributed by atoms with Crippen LogP contribution in [-0.2, 0) is 14.3 Å². The zero-order valence-corrected chi connectivity index (χ0v) is 16.4. The number of ether oxygens (including phenoxy) is 1. The summed E-state index contributed by atoms with van der Waals surface area (Å²) in [5.74, 6) is 0.994. The van der Waals surface area contributed by atoms with Crippen LogP contribution in [-0.4, -0.2) is 60.5 Å². The third-order valence-corrected chi connectivity index (χ3v) is 6.93. The first-order chi connectivity index (χ1) is 13.1. The molecule has 3 atom stereocenters. The minimum atomic E-state index is 0.0740. The molecule has 4 rings (SSSR count). The molecule has 3 fully saturated rings. The van der Waals surface area contributed by atoms with Crippen molar-refractivity contribution in [2.75, 3.05) is 32.8 Å². The highest BCUT2D eigenvalue weighted by molar-refractivity contribution is 5.83. The molecule has 0 aromatic heterocycles. The first-order valence-corrected chi connectivity index (χ1v) is 10.6. The van der Waals surface area contributed by atoms with Crippen LogP contribution in [0.4, 0.5) is 0 Å². The van der Waals surface area contributed by atoms with Crippen LogP contribution in [0.2, 0.25) is 0 Å². The number of amides is 2. The van der Waals surface area contributed by atoms with E-state index in [2.05, 4.69) is 31.2 Å². The molecule has 3 aliphatic carbocycles. The van der Waals surface area contributed by atoms with Crippen molar-refractivity contribution >= 4 is 11.8 Å². The Bertz CT molecular complexity index is 629. The third kappa shape index (κ3) is 4.13. The normalized spacial score (nSPS) is 33.5. The molecule has 1 unspecified atom stereocenters. The van der Waals surface area contributed by atoms with Crippen molar-refractivity contribution in [1.29, 1.82) is 0 Å². The number of hydrogen-bond acceptors (Lipinski definition) is 3. The summed E-state index contributed by atoms with van der Waals surface area (Å²) in [6.07, 6.45) is 15.6. The largest absolute Gasteiger partial charge is 0.368 e. The number of hydrogen-bond donors (Lipinski definition) is 0. The Labute approximate surface area is 162 Å². The highest BCUT2D eigenvalue weighted by Crippen LogP contribution is 2.55. The molecule has 0 aromatic carbocycles. The molecule has 4 aliphatic rings. The Hall–Kier alpha value is -1.62. The van der Waals surface area contributed by atoms with Crippen molar-refractivity contribution in [2.24, 2.45) is 17.3 Å². The lowest BCUT2D eigenvalue weighted by molar-refractivity contribution is -0.144. The molecule has 5 heteroatoms. The van der Waals surface area contributed by atoms with Crippen LogP contribution in [0.25, 0.3) is 0 Å². The first kappa shape index (κ1) is 18.7. The Morgan fingerprint density at radius 2 is 1.78 bits per heavy atom. The fourth-order valence-electron chi connectivity index (χ4n) is 4.96. The van der Waals surface area contributed by atoms with Crippen molar-refractivity contribution < 1.29 is 14.3 Å². The lowest BCUT2D eigenvalue weighted by Crippen LogP contribution is -2.52. The Morgan fingerprint density at radius 1 is 1.07 bits per heavy atom. The summed E-state index contributed by atoms with van der Waals surface area (Å²) < 4.78 is 5.75. The molecule has 1 aliphatic heterocycles. The second kappa shape index (κ2) is 7.78. The maximum absolute atomic E-state index is 12.9. The smallest absolute Gasteiger partial charge is 0.248 e. The number of carbonyl (C=O) groups is 2. The molecule has 0 aromatic rings. The van der Waals surface area contributed by atoms with Crippen LogP contribution < -0.4 is 0 Å². The van der Waals surface area contributed by atoms with Crippen molar-refractivity contribution in [3.05, 3.63) is 24.3 Å². The Balaban J connectivity index is 1.21. The van der Waals surface area contributed by atoms with Gasteiger partial charge < -0.3 is 14.5 Å². The summed E-state index contributed by atoms with van der Waals surface area (Å²) in [7, 11) is 0. The van der Waals surface area contributed by atoms with Gasteiger partial charge in [0.15, 0.2) is 0 Å². The van der Waals surface area contributed by atoms with Crippen LogP contribution in [0.15, 0.2) is 24.3 Å². The van der Waals surface area contributed by atoms with E-state index in [0.29, 0.717) is 38.0 Å². The highest BCUT2D eigenvalue weighted by Gasteiger charge is 2.53. The molecular formula is C22H32N2O3. The van der Waals surface area contributed by atoms with E-state index in [1.54, 1.807) is 0 Å². The van der Waals surface area contributed by atoms with Gasteiger partial charge in [0.2, 0.25) is 11.8 Å². The summed E-state index contributed by atoms with van der Waals surface area (Å²) in [5, 5.41) is 0. The molecule has 0 spiro atoms. The fraction of sp³-hybridized carbons (Fsp3) is 0.727. The summed E-state index contributed by atoms with van der Waals surface area (Å²) >= 11 is 0. The van der Waals surface area contributed by atoms with E-state index in [9.17, 15) is 9.59 Å². The molecule has 2 amide bonds. The zero-order valence-electron chi connectivity index (χ0n) is 16.4. The molecule has 2 saturated carbocycles. The molecular weight excluding hydrogens is 340 g/mol. The first-order valence-electron chi connectivity index (χ1n) is 10.6. The predicted molar refractivity (Wildman–Crippen MR) is 104 cm³/mol. The van der Waals surface area contributed by atoms with Gasteiger partial charge in [-0.25, -0.2) is 0 Å². The van der Waals surface area contributed by atoms with Crippen molar-refractivity contribution in [2.45, 2.75) is 51.6 Å². The van der Waals surface area contributed by atoms with Gasteiger partial charge in [-0.05, 0) is 37.0 Å². The van der Waals surface area contributed by atoms with E-state index in [0.717, 1.165) is 25.7 Å². The van der Waals surface area contributed by atoms with Gasteiger partial charge in [-0.1, -0.05) is 44.1 Å². The average molecular weight is 373 g/mol. The maximum Gasteiger partial charge on any atom is 0.248 e. The van der Waals surface area contributed by atoms with E-state index in [1.165, 1.54) is 12.8 Å². The van der Waals surface area contributed by atoms with Crippen LogP contribution in [0.5, 0.6) is 0 Å². The number of piperazine rings is 1. The van der Waals surface area contributed by atoms with Gasteiger partial charge in [-0.2, -0.15) is 0 Å². The number of rotatable bonds is 5. The average Bonchev–Trinajstić information content (AvgIpc) is 3.35. The number of allylic oxidation sites excluding steroid dienone is 4. The molecule has 0 bridgehead atoms. The van der Waals surface area contributed by atoms with Crippen LogP contribution in [0, 0.1) is 17.3 Å². The minimum absolute atomic E-state index is 0.0740. The molecule has 27 heavy (non-hydrogen) atoms. The minimum Gasteiger partial charge on any atom is -0.368 e. The van der Waals surface area contributed by atoms with E-state index in [1.807, 2.05) is 9.80 Å². The highest BCUT2D eigenvalue weighted by atomic mass is 16.5. The van der Waals surface area contributed by atoms with Gasteiger partial charge in [0.1, 0.15) is 6.61 Å². The lowest BCUT2D eigenvalue weighted by atomic mass is 9.78. The number of nitrogens with zero attached hydrogens (tertiary/aromatic N) is 2. The van der Waals surface area contributed by atoms with Gasteiger partial charge in [0.05, 0.1) is 6.10 Å². The van der Waals surface area contributed by atoms with Crippen LogP contribution in [0.1, 0.15) is 45.4 Å². The summed E-state index contributed by atoms with van der Waals surface area (Å²) in [6, 6.07) is 0. The summed E-state index contributed by atoms with van der Waals surface area (Å²) in [4.78, 5) is 29.1. The van der Waals surface area contributed by atoms with E-state index in [4.69, 9.17) is 4.74 Å². The van der Waals surface area contributed by atoms with Gasteiger partial charge >= 0.3 is 0 Å². The number of carbonyl (C=O) groups excluding carboxylic acids is 2. The quantitative estimate of drug-likeness (QED) is 0.746. The van der Waals surface area contributed by atoms with Gasteiger partial charge in [-0.3, -0.25) is 9.59 Å². The molecule has 1 saturated heterocycles. The van der Waals surface area contributed by atoms with Gasteiger partial charge in [-0.15, -0.1) is 0 Å². The third-order valence-electron chi connectivity index (χ3n) is 6.93. The van der Waals surface area contributed by atoms with E-state index in [-0.39, 0.29) is 30.0 Å². The standard InChI is InChI=1S/C22H32N2O3/c1-22(9-5-2-6-10-22)19-15-18(19)21(26)24-13-11-23(12-14-24)20(25)16-27-17-7-3-4-8-17/h2,5-6,9,17-19H,3-4,7-8,10-16H2,1H3/t18-,19-,22?/m1/s1. The molecule has 5 nitrogen and oxygen atoms in total. The zero-order chi connectivity index (χ0) is 18.9. The van der Waals surface area contributed by atoms with E-state index < -0.39 is 0 Å². The second-order valence-electron chi connectivity index (χ2n) is 8.87. The Morgan fingerprint density at radius 3 is 2.44 bits per heavy atom. The lowest BCUT2D eigenvalue weighted by Gasteiger charge is -2.35. The monoisotopic (exact) mass is 372 g/mol. The molecule has 148 valence electrons. The van der Waals surface area contributed by atoms with E-state index >= 15 is 0 Å². The van der Waals surface area contributed by atoms with Crippen LogP contribution in [0.3, 0.4) is 0 Å². The van der Waals surface area contributed by atoms with Crippen molar-refractivity contribution in [3.63, 3.8) is 0 Å². The maximum atomic E-state index is 12.9. The molecule has 0 radical (unpaired) electrons. The fourth-order valence-corrected chi connectivity index (χ4v) is 4.96. The SMILES string of the molecule is CC1([C@@H]2C[C@H]2C(=O)N2CCN(C(=O)COC3CCCC3)CC2)C=CC=CC1. The molecule has 1 heterocycles. The van der Waals surface area contributed by atoms with Crippen LogP contribution >= 0.6 is 0 Å². The second-order valence-corrected chi connectivity index (χ2v) is 8.87.